The Labute approximate surface area is 101 Å². The molecule has 0 saturated carbocycles. The van der Waals surface area contributed by atoms with E-state index in [9.17, 15) is 8.42 Å². The van der Waals surface area contributed by atoms with E-state index in [0.717, 1.165) is 0 Å². The lowest BCUT2D eigenvalue weighted by atomic mass is 10.4. The van der Waals surface area contributed by atoms with E-state index in [1.807, 2.05) is 6.92 Å². The molecule has 0 radical (unpaired) electrons. The van der Waals surface area contributed by atoms with Crippen LogP contribution in [0.3, 0.4) is 0 Å². The zero-order valence-electron chi connectivity index (χ0n) is 9.72. The number of anilines is 1. The molecule has 0 aliphatic carbocycles. The number of nitrogens with two attached hydrogens (primary N) is 1. The fraction of sp³-hybridized carbons (Fsp3) is 0.500. The molecule has 17 heavy (non-hydrogen) atoms. The molecule has 1 aromatic rings. The molecule has 7 heteroatoms. The lowest BCUT2D eigenvalue weighted by Gasteiger charge is -2.06. The number of aromatic nitrogens is 1. The van der Waals surface area contributed by atoms with Gasteiger partial charge in [-0.2, -0.15) is 0 Å². The van der Waals surface area contributed by atoms with Gasteiger partial charge in [0.1, 0.15) is 0 Å². The SMILES string of the molecule is CCOCCCNS(=O)(=O)c1ccc(N)cn1. The normalized spacial score (nSPS) is 11.6. The molecule has 0 atom stereocenters. The van der Waals surface area contributed by atoms with Crippen molar-refractivity contribution in [2.24, 2.45) is 0 Å². The van der Waals surface area contributed by atoms with Crippen molar-refractivity contribution < 1.29 is 13.2 Å². The summed E-state index contributed by atoms with van der Waals surface area (Å²) in [5.74, 6) is 0. The van der Waals surface area contributed by atoms with Gasteiger partial charge in [0.15, 0.2) is 5.03 Å². The standard InChI is InChI=1S/C10H17N3O3S/c1-2-16-7-3-6-13-17(14,15)10-5-4-9(11)8-12-10/h4-5,8,13H,2-3,6-7,11H2,1H3. The summed E-state index contributed by atoms with van der Waals surface area (Å²) in [7, 11) is -3.54. The van der Waals surface area contributed by atoms with Crippen LogP contribution in [-0.2, 0) is 14.8 Å². The second-order valence-corrected chi connectivity index (χ2v) is 5.09. The van der Waals surface area contributed by atoms with E-state index >= 15 is 0 Å². The van der Waals surface area contributed by atoms with Gasteiger partial charge in [0.2, 0.25) is 0 Å². The average Bonchev–Trinajstić information content (AvgIpc) is 2.29. The van der Waals surface area contributed by atoms with Crippen molar-refractivity contribution in [3.8, 4) is 0 Å². The summed E-state index contributed by atoms with van der Waals surface area (Å²) in [4.78, 5) is 3.76. The summed E-state index contributed by atoms with van der Waals surface area (Å²) >= 11 is 0. The van der Waals surface area contributed by atoms with E-state index in [0.29, 0.717) is 31.9 Å². The summed E-state index contributed by atoms with van der Waals surface area (Å²) in [6, 6.07) is 2.88. The van der Waals surface area contributed by atoms with Gasteiger partial charge >= 0.3 is 0 Å². The van der Waals surface area contributed by atoms with Crippen molar-refractivity contribution in [3.63, 3.8) is 0 Å². The Kier molecular flexibility index (Phi) is 5.33. The van der Waals surface area contributed by atoms with Gasteiger partial charge in [-0.05, 0) is 25.5 Å². The third-order valence-corrected chi connectivity index (χ3v) is 3.37. The van der Waals surface area contributed by atoms with Crippen LogP contribution in [0.2, 0.25) is 0 Å². The maximum atomic E-state index is 11.7. The average molecular weight is 259 g/mol. The van der Waals surface area contributed by atoms with Crippen molar-refractivity contribution in [1.29, 1.82) is 0 Å². The fourth-order valence-electron chi connectivity index (χ4n) is 1.15. The molecule has 0 spiro atoms. The number of rotatable bonds is 7. The Morgan fingerprint density at radius 2 is 2.24 bits per heavy atom. The number of nitrogens with one attached hydrogen (secondary N) is 1. The molecule has 0 aliphatic heterocycles. The molecule has 0 aromatic carbocycles. The van der Waals surface area contributed by atoms with E-state index < -0.39 is 10.0 Å². The van der Waals surface area contributed by atoms with Crippen LogP contribution in [0, 0.1) is 0 Å². The largest absolute Gasteiger partial charge is 0.397 e. The number of nitrogens with zero attached hydrogens (tertiary/aromatic N) is 1. The molecule has 96 valence electrons. The highest BCUT2D eigenvalue weighted by Gasteiger charge is 2.14. The Balaban J connectivity index is 2.48. The second kappa shape index (κ2) is 6.53. The zero-order valence-corrected chi connectivity index (χ0v) is 10.5. The van der Waals surface area contributed by atoms with E-state index in [1.54, 1.807) is 0 Å². The summed E-state index contributed by atoms with van der Waals surface area (Å²) in [6.45, 7) is 3.39. The monoisotopic (exact) mass is 259 g/mol. The Morgan fingerprint density at radius 3 is 2.82 bits per heavy atom. The van der Waals surface area contributed by atoms with E-state index in [1.165, 1.54) is 18.3 Å². The lowest BCUT2D eigenvalue weighted by Crippen LogP contribution is -2.26. The number of nitrogen functional groups attached to an aromatic ring is 1. The Bertz CT molecular complexity index is 431. The summed E-state index contributed by atoms with van der Waals surface area (Å²) in [6.07, 6.45) is 1.94. The number of pyridine rings is 1. The van der Waals surface area contributed by atoms with Crippen LogP contribution >= 0.6 is 0 Å². The van der Waals surface area contributed by atoms with Crippen LogP contribution in [0.4, 0.5) is 5.69 Å². The van der Waals surface area contributed by atoms with Crippen LogP contribution in [-0.4, -0.2) is 33.2 Å². The molecule has 1 rings (SSSR count). The van der Waals surface area contributed by atoms with Crippen LogP contribution < -0.4 is 10.5 Å². The lowest BCUT2D eigenvalue weighted by molar-refractivity contribution is 0.146. The summed E-state index contributed by atoms with van der Waals surface area (Å²) in [5, 5.41) is -0.0249. The summed E-state index contributed by atoms with van der Waals surface area (Å²) < 4.78 is 31.0. The van der Waals surface area contributed by atoms with Crippen molar-refractivity contribution >= 4 is 15.7 Å². The van der Waals surface area contributed by atoms with E-state index in [4.69, 9.17) is 10.5 Å². The third kappa shape index (κ3) is 4.68. The first-order valence-corrected chi connectivity index (χ1v) is 6.83. The van der Waals surface area contributed by atoms with Crippen molar-refractivity contribution in [2.75, 3.05) is 25.5 Å². The van der Waals surface area contributed by atoms with Gasteiger partial charge in [-0.3, -0.25) is 0 Å². The van der Waals surface area contributed by atoms with Crippen LogP contribution in [0.15, 0.2) is 23.4 Å². The van der Waals surface area contributed by atoms with Gasteiger partial charge in [-0.15, -0.1) is 0 Å². The fourth-order valence-corrected chi connectivity index (χ4v) is 2.15. The molecular formula is C10H17N3O3S. The second-order valence-electron chi connectivity index (χ2n) is 3.38. The highest BCUT2D eigenvalue weighted by molar-refractivity contribution is 7.89. The van der Waals surface area contributed by atoms with Gasteiger partial charge in [0.05, 0.1) is 11.9 Å². The van der Waals surface area contributed by atoms with E-state index in [2.05, 4.69) is 9.71 Å². The van der Waals surface area contributed by atoms with Gasteiger partial charge in [-0.1, -0.05) is 0 Å². The molecular weight excluding hydrogens is 242 g/mol. The minimum absolute atomic E-state index is 0.0249. The van der Waals surface area contributed by atoms with Crippen molar-refractivity contribution in [1.82, 2.24) is 9.71 Å². The minimum Gasteiger partial charge on any atom is -0.397 e. The predicted octanol–water partition coefficient (Wildman–Crippen LogP) is 0.369. The highest BCUT2D eigenvalue weighted by Crippen LogP contribution is 2.07. The molecule has 0 unspecified atom stereocenters. The Hall–Kier alpha value is -1.18. The van der Waals surface area contributed by atoms with E-state index in [-0.39, 0.29) is 5.03 Å². The molecule has 6 nitrogen and oxygen atoms in total. The quantitative estimate of drug-likeness (QED) is 0.690. The molecule has 1 heterocycles. The molecule has 0 bridgehead atoms. The van der Waals surface area contributed by atoms with Gasteiger partial charge in [-0.25, -0.2) is 18.1 Å². The minimum atomic E-state index is -3.54. The molecule has 1 aromatic heterocycles. The number of sulfonamides is 1. The first-order chi connectivity index (χ1) is 8.06. The maximum Gasteiger partial charge on any atom is 0.258 e. The first-order valence-electron chi connectivity index (χ1n) is 5.35. The van der Waals surface area contributed by atoms with Gasteiger partial charge in [0, 0.05) is 19.8 Å². The molecule has 0 saturated heterocycles. The molecule has 3 N–H and O–H groups in total. The Morgan fingerprint density at radius 1 is 1.47 bits per heavy atom. The van der Waals surface area contributed by atoms with Crippen LogP contribution in [0.5, 0.6) is 0 Å². The topological polar surface area (TPSA) is 94.3 Å². The maximum absolute atomic E-state index is 11.7. The van der Waals surface area contributed by atoms with Crippen molar-refractivity contribution in [2.45, 2.75) is 18.4 Å². The highest BCUT2D eigenvalue weighted by atomic mass is 32.2. The number of ether oxygens (including phenoxy) is 1. The first kappa shape index (κ1) is 13.9. The number of hydrogen-bond donors (Lipinski definition) is 2. The smallest absolute Gasteiger partial charge is 0.258 e. The number of hydrogen-bond acceptors (Lipinski definition) is 5. The van der Waals surface area contributed by atoms with Crippen molar-refractivity contribution in [3.05, 3.63) is 18.3 Å². The zero-order chi connectivity index (χ0) is 12.7. The van der Waals surface area contributed by atoms with Gasteiger partial charge < -0.3 is 10.5 Å². The molecule has 0 aliphatic rings. The summed E-state index contributed by atoms with van der Waals surface area (Å²) in [5.41, 5.74) is 5.86. The molecule has 0 fully saturated rings. The van der Waals surface area contributed by atoms with Crippen LogP contribution in [0.1, 0.15) is 13.3 Å². The van der Waals surface area contributed by atoms with Gasteiger partial charge in [0.25, 0.3) is 10.0 Å². The molecule has 0 amide bonds. The predicted molar refractivity (Wildman–Crippen MR) is 64.9 cm³/mol. The van der Waals surface area contributed by atoms with Crippen LogP contribution in [0.25, 0.3) is 0 Å². The third-order valence-electron chi connectivity index (χ3n) is 2.00.